The second kappa shape index (κ2) is 4.13. The van der Waals surface area contributed by atoms with Crippen LogP contribution >= 0.6 is 0 Å². The van der Waals surface area contributed by atoms with Gasteiger partial charge in [-0.05, 0) is 42.5 Å². The molecule has 6 heteroatoms. The lowest BCUT2D eigenvalue weighted by molar-refractivity contribution is 0.423. The van der Waals surface area contributed by atoms with Crippen LogP contribution in [0, 0.1) is 0 Å². The number of aryl methyl sites for hydroxylation is 2. The topological polar surface area (TPSA) is 72.2 Å². The van der Waals surface area contributed by atoms with Gasteiger partial charge in [0, 0.05) is 6.07 Å². The normalized spacial score (nSPS) is 14.4. The van der Waals surface area contributed by atoms with E-state index in [4.69, 9.17) is 0 Å². The van der Waals surface area contributed by atoms with E-state index in [-0.39, 0.29) is 10.7 Å². The smallest absolute Gasteiger partial charge is 0.263 e. The fourth-order valence-electron chi connectivity index (χ4n) is 2.18. The van der Waals surface area contributed by atoms with E-state index in [1.807, 2.05) is 6.07 Å². The minimum absolute atomic E-state index is 0.190. The molecule has 0 fully saturated rings. The minimum atomic E-state index is -3.58. The van der Waals surface area contributed by atoms with Gasteiger partial charge >= 0.3 is 0 Å². The third kappa shape index (κ3) is 1.99. The maximum Gasteiger partial charge on any atom is 0.263 e. The summed E-state index contributed by atoms with van der Waals surface area (Å²) in [5.74, 6) is 0.190. The number of nitrogens with one attached hydrogen (secondary N) is 1. The molecule has 0 aliphatic heterocycles. The van der Waals surface area contributed by atoms with Gasteiger partial charge in [-0.1, -0.05) is 11.2 Å². The fraction of sp³-hybridized carbons (Fsp3) is 0.250. The first-order valence-electron chi connectivity index (χ1n) is 5.70. The fourth-order valence-corrected chi connectivity index (χ4v) is 3.22. The maximum absolute atomic E-state index is 12.1. The van der Waals surface area contributed by atoms with Gasteiger partial charge in [-0.3, -0.25) is 4.72 Å². The Balaban J connectivity index is 1.94. The predicted molar refractivity (Wildman–Crippen MR) is 65.8 cm³/mol. The van der Waals surface area contributed by atoms with Crippen LogP contribution in [-0.4, -0.2) is 13.6 Å². The summed E-state index contributed by atoms with van der Waals surface area (Å²) >= 11 is 0. The summed E-state index contributed by atoms with van der Waals surface area (Å²) in [5, 5.41) is 3.53. The summed E-state index contributed by atoms with van der Waals surface area (Å²) in [6, 6.07) is 6.72. The van der Waals surface area contributed by atoms with E-state index in [9.17, 15) is 8.42 Å². The number of sulfonamides is 1. The van der Waals surface area contributed by atoms with Crippen LogP contribution in [0.2, 0.25) is 0 Å². The van der Waals surface area contributed by atoms with Crippen molar-refractivity contribution in [3.63, 3.8) is 0 Å². The molecule has 1 aliphatic rings. The lowest BCUT2D eigenvalue weighted by Gasteiger charge is -2.07. The van der Waals surface area contributed by atoms with Crippen molar-refractivity contribution in [1.29, 1.82) is 0 Å². The quantitative estimate of drug-likeness (QED) is 0.919. The molecule has 1 N–H and O–H groups in total. The first kappa shape index (κ1) is 11.3. The number of fused-ring (bicyclic) bond motifs is 1. The first-order valence-corrected chi connectivity index (χ1v) is 7.18. The van der Waals surface area contributed by atoms with Crippen LogP contribution in [0.1, 0.15) is 17.5 Å². The van der Waals surface area contributed by atoms with Crippen molar-refractivity contribution >= 4 is 15.8 Å². The monoisotopic (exact) mass is 264 g/mol. The highest BCUT2D eigenvalue weighted by Gasteiger charge is 2.19. The molecule has 0 bridgehead atoms. The average Bonchev–Trinajstić information content (AvgIpc) is 2.97. The summed E-state index contributed by atoms with van der Waals surface area (Å²) in [4.78, 5) is 0.270. The van der Waals surface area contributed by atoms with Crippen molar-refractivity contribution in [3.8, 4) is 0 Å². The second-order valence-electron chi connectivity index (χ2n) is 4.27. The molecule has 1 aliphatic carbocycles. The van der Waals surface area contributed by atoms with Gasteiger partial charge in [0.15, 0.2) is 5.82 Å². The standard InChI is InChI=1S/C12H12N2O3S/c15-18(16,14-12-6-7-17-13-12)11-5-4-9-2-1-3-10(9)8-11/h4-8H,1-3H2,(H,13,14). The molecule has 0 amide bonds. The van der Waals surface area contributed by atoms with Crippen molar-refractivity contribution in [2.45, 2.75) is 24.2 Å². The van der Waals surface area contributed by atoms with Gasteiger partial charge < -0.3 is 4.52 Å². The number of nitrogens with zero attached hydrogens (tertiary/aromatic N) is 1. The third-order valence-electron chi connectivity index (χ3n) is 3.06. The summed E-state index contributed by atoms with van der Waals surface area (Å²) in [6.45, 7) is 0. The number of aromatic nitrogens is 1. The van der Waals surface area contributed by atoms with E-state index in [0.717, 1.165) is 24.8 Å². The van der Waals surface area contributed by atoms with Crippen LogP contribution in [0.5, 0.6) is 0 Å². The van der Waals surface area contributed by atoms with Crippen molar-refractivity contribution in [1.82, 2.24) is 5.16 Å². The molecular weight excluding hydrogens is 252 g/mol. The number of benzene rings is 1. The van der Waals surface area contributed by atoms with Crippen LogP contribution in [0.4, 0.5) is 5.82 Å². The SMILES string of the molecule is O=S(=O)(Nc1ccon1)c1ccc2c(c1)CCC2. The maximum atomic E-state index is 12.1. The van der Waals surface area contributed by atoms with E-state index in [0.29, 0.717) is 0 Å². The van der Waals surface area contributed by atoms with Gasteiger partial charge in [0.05, 0.1) is 4.90 Å². The summed E-state index contributed by atoms with van der Waals surface area (Å²) < 4.78 is 31.2. The van der Waals surface area contributed by atoms with Crippen LogP contribution in [0.3, 0.4) is 0 Å². The van der Waals surface area contributed by atoms with Gasteiger partial charge in [0.1, 0.15) is 6.26 Å². The molecule has 5 nitrogen and oxygen atoms in total. The third-order valence-corrected chi connectivity index (χ3v) is 4.41. The molecule has 2 aromatic rings. The highest BCUT2D eigenvalue weighted by Crippen LogP contribution is 2.25. The largest absolute Gasteiger partial charge is 0.363 e. The zero-order valence-corrected chi connectivity index (χ0v) is 10.4. The zero-order chi connectivity index (χ0) is 12.6. The van der Waals surface area contributed by atoms with E-state index in [2.05, 4.69) is 14.4 Å². The number of anilines is 1. The second-order valence-corrected chi connectivity index (χ2v) is 5.96. The molecule has 0 atom stereocenters. The van der Waals surface area contributed by atoms with Gasteiger partial charge in [-0.2, -0.15) is 0 Å². The Morgan fingerprint density at radius 3 is 2.78 bits per heavy atom. The molecule has 1 aromatic carbocycles. The van der Waals surface area contributed by atoms with Gasteiger partial charge in [0.25, 0.3) is 10.0 Å². The highest BCUT2D eigenvalue weighted by atomic mass is 32.2. The lowest BCUT2D eigenvalue weighted by Crippen LogP contribution is -2.13. The molecule has 0 saturated heterocycles. The Labute approximate surface area is 105 Å². The zero-order valence-electron chi connectivity index (χ0n) is 9.59. The Morgan fingerprint density at radius 1 is 1.17 bits per heavy atom. The molecule has 0 spiro atoms. The van der Waals surface area contributed by atoms with Crippen LogP contribution < -0.4 is 4.72 Å². The van der Waals surface area contributed by atoms with Crippen molar-refractivity contribution in [2.24, 2.45) is 0 Å². The van der Waals surface area contributed by atoms with Gasteiger partial charge in [-0.15, -0.1) is 0 Å². The molecule has 94 valence electrons. The number of hydrogen-bond acceptors (Lipinski definition) is 4. The summed E-state index contributed by atoms with van der Waals surface area (Å²) in [5.41, 5.74) is 2.37. The van der Waals surface area contributed by atoms with Crippen molar-refractivity contribution in [3.05, 3.63) is 41.7 Å². The Hall–Kier alpha value is -1.82. The van der Waals surface area contributed by atoms with Crippen molar-refractivity contribution < 1.29 is 12.9 Å². The molecule has 18 heavy (non-hydrogen) atoms. The minimum Gasteiger partial charge on any atom is -0.363 e. The van der Waals surface area contributed by atoms with Gasteiger partial charge in [-0.25, -0.2) is 8.42 Å². The van der Waals surface area contributed by atoms with E-state index >= 15 is 0 Å². The van der Waals surface area contributed by atoms with E-state index in [1.165, 1.54) is 17.9 Å². The molecule has 3 rings (SSSR count). The molecule has 1 heterocycles. The Bertz CT molecular complexity index is 663. The first-order chi connectivity index (χ1) is 8.65. The molecule has 0 radical (unpaired) electrons. The summed E-state index contributed by atoms with van der Waals surface area (Å²) in [6.07, 6.45) is 4.39. The van der Waals surface area contributed by atoms with E-state index in [1.54, 1.807) is 12.1 Å². The number of rotatable bonds is 3. The molecule has 1 aromatic heterocycles. The van der Waals surface area contributed by atoms with E-state index < -0.39 is 10.0 Å². The molecule has 0 unspecified atom stereocenters. The molecular formula is C12H12N2O3S. The van der Waals surface area contributed by atoms with Gasteiger partial charge in [0.2, 0.25) is 0 Å². The molecule has 0 saturated carbocycles. The Morgan fingerprint density at radius 2 is 2.00 bits per heavy atom. The predicted octanol–water partition coefficient (Wildman–Crippen LogP) is 1.96. The summed E-state index contributed by atoms with van der Waals surface area (Å²) in [7, 11) is -3.58. The number of hydrogen-bond donors (Lipinski definition) is 1. The van der Waals surface area contributed by atoms with Crippen molar-refractivity contribution in [2.75, 3.05) is 4.72 Å². The van der Waals surface area contributed by atoms with Crippen LogP contribution in [0.25, 0.3) is 0 Å². The van der Waals surface area contributed by atoms with Crippen LogP contribution in [-0.2, 0) is 22.9 Å². The highest BCUT2D eigenvalue weighted by molar-refractivity contribution is 7.92. The average molecular weight is 264 g/mol. The lowest BCUT2D eigenvalue weighted by atomic mass is 10.1. The van der Waals surface area contributed by atoms with Crippen LogP contribution in [0.15, 0.2) is 39.9 Å². The Kier molecular flexibility index (Phi) is 2.59.